The summed E-state index contributed by atoms with van der Waals surface area (Å²) in [5, 5.41) is 15.3. The van der Waals surface area contributed by atoms with Gasteiger partial charge in [-0.2, -0.15) is 13.2 Å². The zero-order valence-corrected chi connectivity index (χ0v) is 15.5. The number of likely N-dealkylation sites (tertiary alicyclic amines) is 1. The van der Waals surface area contributed by atoms with Crippen molar-refractivity contribution in [1.82, 2.24) is 10.2 Å². The standard InChI is InChI=1S/C14H14ClF3IN3O3/c15-9-6-11(10(19)5-8(9)14(16,17)18)21-12(23)20-7-1-3-22(4-2-7)13(24)25/h5-7H,1-4H2,(H,24,25)(H2,20,21,23)/p-1. The Morgan fingerprint density at radius 3 is 2.40 bits per heavy atom. The molecule has 1 aromatic carbocycles. The lowest BCUT2D eigenvalue weighted by molar-refractivity contribution is -0.266. The van der Waals surface area contributed by atoms with Crippen LogP contribution in [0.15, 0.2) is 12.1 Å². The number of rotatable bonds is 2. The molecule has 0 atom stereocenters. The maximum Gasteiger partial charge on any atom is 0.417 e. The largest absolute Gasteiger partial charge is 0.530 e. The van der Waals surface area contributed by atoms with E-state index in [9.17, 15) is 27.9 Å². The smallest absolute Gasteiger partial charge is 0.417 e. The Labute approximate surface area is 159 Å². The average molecular weight is 491 g/mol. The van der Waals surface area contributed by atoms with Crippen LogP contribution in [0.25, 0.3) is 0 Å². The summed E-state index contributed by atoms with van der Waals surface area (Å²) in [6, 6.07) is 1.07. The van der Waals surface area contributed by atoms with Gasteiger partial charge in [0, 0.05) is 22.7 Å². The Morgan fingerprint density at radius 1 is 1.28 bits per heavy atom. The van der Waals surface area contributed by atoms with Crippen LogP contribution in [0.5, 0.6) is 0 Å². The first-order valence-corrected chi connectivity index (χ1v) is 8.63. The fourth-order valence-electron chi connectivity index (χ4n) is 2.41. The summed E-state index contributed by atoms with van der Waals surface area (Å²) in [7, 11) is 0. The van der Waals surface area contributed by atoms with Gasteiger partial charge in [0.15, 0.2) is 0 Å². The van der Waals surface area contributed by atoms with Crippen molar-refractivity contribution in [2.75, 3.05) is 18.4 Å². The predicted molar refractivity (Wildman–Crippen MR) is 91.3 cm³/mol. The van der Waals surface area contributed by atoms with E-state index in [0.717, 1.165) is 17.0 Å². The number of hydrogen-bond donors (Lipinski definition) is 2. The van der Waals surface area contributed by atoms with Crippen LogP contribution in [0.2, 0.25) is 5.02 Å². The summed E-state index contributed by atoms with van der Waals surface area (Å²) in [4.78, 5) is 23.9. The molecule has 0 aliphatic carbocycles. The van der Waals surface area contributed by atoms with Crippen molar-refractivity contribution in [1.29, 1.82) is 0 Å². The number of alkyl halides is 3. The van der Waals surface area contributed by atoms with Crippen LogP contribution in [0.4, 0.5) is 28.4 Å². The van der Waals surface area contributed by atoms with Crippen LogP contribution in [-0.2, 0) is 6.18 Å². The third-order valence-corrected chi connectivity index (χ3v) is 4.90. The van der Waals surface area contributed by atoms with Crippen molar-refractivity contribution in [2.45, 2.75) is 25.1 Å². The molecule has 0 radical (unpaired) electrons. The van der Waals surface area contributed by atoms with E-state index in [1.165, 1.54) is 0 Å². The summed E-state index contributed by atoms with van der Waals surface area (Å²) < 4.78 is 38.5. The molecule has 0 aromatic heterocycles. The number of piperidine rings is 1. The number of urea groups is 1. The molecule has 25 heavy (non-hydrogen) atoms. The lowest BCUT2D eigenvalue weighted by Crippen LogP contribution is -2.50. The molecule has 0 spiro atoms. The van der Waals surface area contributed by atoms with Crippen LogP contribution in [0, 0.1) is 3.57 Å². The van der Waals surface area contributed by atoms with Gasteiger partial charge in [0.1, 0.15) is 6.09 Å². The summed E-state index contributed by atoms with van der Waals surface area (Å²) >= 11 is 7.32. The fraction of sp³-hybridized carbons (Fsp3) is 0.429. The SMILES string of the molecule is O=C(Nc1cc(Cl)c(C(F)(F)F)cc1I)NC1CCN(C(=O)[O-])CC1. The average Bonchev–Trinajstić information content (AvgIpc) is 2.50. The van der Waals surface area contributed by atoms with Crippen molar-refractivity contribution >= 4 is 52.0 Å². The van der Waals surface area contributed by atoms with E-state index in [1.54, 1.807) is 22.6 Å². The van der Waals surface area contributed by atoms with Crippen molar-refractivity contribution in [3.8, 4) is 0 Å². The highest BCUT2D eigenvalue weighted by molar-refractivity contribution is 14.1. The number of carbonyl (C=O) groups is 2. The van der Waals surface area contributed by atoms with Gasteiger partial charge in [0.25, 0.3) is 0 Å². The van der Waals surface area contributed by atoms with Gasteiger partial charge in [-0.25, -0.2) is 4.79 Å². The minimum atomic E-state index is -4.58. The molecule has 1 fully saturated rings. The molecular weight excluding hydrogens is 478 g/mol. The molecule has 0 saturated carbocycles. The van der Waals surface area contributed by atoms with Crippen molar-refractivity contribution in [3.63, 3.8) is 0 Å². The Balaban J connectivity index is 1.97. The second kappa shape index (κ2) is 7.85. The number of carboxylic acid groups (broad SMARTS) is 1. The number of amides is 3. The Hall–Kier alpha value is -1.43. The number of carbonyl (C=O) groups excluding carboxylic acids is 2. The van der Waals surface area contributed by atoms with E-state index in [4.69, 9.17) is 11.6 Å². The van der Waals surface area contributed by atoms with Crippen molar-refractivity contribution < 1.29 is 27.9 Å². The fourth-order valence-corrected chi connectivity index (χ4v) is 3.28. The predicted octanol–water partition coefficient (Wildman–Crippen LogP) is 2.89. The molecule has 1 saturated heterocycles. The van der Waals surface area contributed by atoms with E-state index in [1.807, 2.05) is 0 Å². The van der Waals surface area contributed by atoms with Crippen molar-refractivity contribution in [2.24, 2.45) is 0 Å². The van der Waals surface area contributed by atoms with Gasteiger partial charge in [-0.15, -0.1) is 0 Å². The van der Waals surface area contributed by atoms with Gasteiger partial charge < -0.3 is 25.4 Å². The zero-order valence-electron chi connectivity index (χ0n) is 12.6. The molecule has 2 rings (SSSR count). The number of nitrogens with one attached hydrogen (secondary N) is 2. The Bertz CT molecular complexity index is 679. The number of halogens is 5. The molecule has 138 valence electrons. The molecule has 1 aliphatic rings. The number of anilines is 1. The van der Waals surface area contributed by atoms with Crippen LogP contribution < -0.4 is 15.7 Å². The molecular formula is C14H13ClF3IN3O3-. The lowest BCUT2D eigenvalue weighted by atomic mass is 10.1. The second-order valence-corrected chi connectivity index (χ2v) is 7.00. The van der Waals surface area contributed by atoms with E-state index in [-0.39, 0.29) is 28.4 Å². The third-order valence-electron chi connectivity index (χ3n) is 3.70. The first-order chi connectivity index (χ1) is 11.6. The van der Waals surface area contributed by atoms with E-state index in [0.29, 0.717) is 12.8 Å². The van der Waals surface area contributed by atoms with Crippen molar-refractivity contribution in [3.05, 3.63) is 26.3 Å². The number of hydrogen-bond acceptors (Lipinski definition) is 3. The van der Waals surface area contributed by atoms with E-state index in [2.05, 4.69) is 10.6 Å². The Kier molecular flexibility index (Phi) is 6.25. The van der Waals surface area contributed by atoms with Gasteiger partial charge in [-0.3, -0.25) is 0 Å². The lowest BCUT2D eigenvalue weighted by Gasteiger charge is -2.33. The maximum atomic E-state index is 12.8. The minimum Gasteiger partial charge on any atom is -0.530 e. The molecule has 11 heteroatoms. The first kappa shape index (κ1) is 19.9. The molecule has 2 N–H and O–H groups in total. The Morgan fingerprint density at radius 2 is 1.88 bits per heavy atom. The molecule has 0 bridgehead atoms. The quantitative estimate of drug-likeness (QED) is 0.626. The van der Waals surface area contributed by atoms with Crippen LogP contribution in [0.1, 0.15) is 18.4 Å². The maximum absolute atomic E-state index is 12.8. The highest BCUT2D eigenvalue weighted by atomic mass is 127. The summed E-state index contributed by atoms with van der Waals surface area (Å²) in [6.07, 6.45) is -4.99. The molecule has 1 heterocycles. The third kappa shape index (κ3) is 5.27. The van der Waals surface area contributed by atoms with E-state index < -0.39 is 28.9 Å². The molecule has 6 nitrogen and oxygen atoms in total. The van der Waals surface area contributed by atoms with Gasteiger partial charge >= 0.3 is 12.2 Å². The highest BCUT2D eigenvalue weighted by Gasteiger charge is 2.34. The van der Waals surface area contributed by atoms with Gasteiger partial charge in [0.2, 0.25) is 0 Å². The van der Waals surface area contributed by atoms with Gasteiger partial charge in [-0.05, 0) is 47.6 Å². The molecule has 0 unspecified atom stereocenters. The van der Waals surface area contributed by atoms with Crippen LogP contribution in [-0.4, -0.2) is 36.2 Å². The highest BCUT2D eigenvalue weighted by Crippen LogP contribution is 2.38. The molecule has 1 aliphatic heterocycles. The topological polar surface area (TPSA) is 84.5 Å². The van der Waals surface area contributed by atoms with Gasteiger partial charge in [0.05, 0.1) is 16.3 Å². The van der Waals surface area contributed by atoms with Crippen LogP contribution in [0.3, 0.4) is 0 Å². The summed E-state index contributed by atoms with van der Waals surface area (Å²) in [5.74, 6) is 0. The molecule has 3 amide bonds. The van der Waals surface area contributed by atoms with Crippen LogP contribution >= 0.6 is 34.2 Å². The summed E-state index contributed by atoms with van der Waals surface area (Å²) in [5.41, 5.74) is -0.817. The molecule has 1 aromatic rings. The zero-order chi connectivity index (χ0) is 18.8. The first-order valence-electron chi connectivity index (χ1n) is 7.17. The van der Waals surface area contributed by atoms with Gasteiger partial charge in [-0.1, -0.05) is 11.6 Å². The second-order valence-electron chi connectivity index (χ2n) is 5.44. The summed E-state index contributed by atoms with van der Waals surface area (Å²) in [6.45, 7) is 0.494. The van der Waals surface area contributed by atoms with E-state index >= 15 is 0 Å². The number of benzene rings is 1. The number of nitrogens with zero attached hydrogens (tertiary/aromatic N) is 1. The normalized spacial score (nSPS) is 15.8. The monoisotopic (exact) mass is 490 g/mol. The minimum absolute atomic E-state index is 0.156.